The maximum absolute atomic E-state index is 12.7. The molecule has 3 rings (SSSR count). The van der Waals surface area contributed by atoms with Crippen LogP contribution in [0.15, 0.2) is 53.7 Å². The number of benzene rings is 2. The van der Waals surface area contributed by atoms with Crippen molar-refractivity contribution in [3.8, 4) is 11.4 Å². The van der Waals surface area contributed by atoms with Crippen LogP contribution in [0.3, 0.4) is 0 Å². The first-order valence-electron chi connectivity index (χ1n) is 8.59. The molecule has 0 saturated heterocycles. The van der Waals surface area contributed by atoms with E-state index in [4.69, 9.17) is 11.6 Å². The average Bonchev–Trinajstić information content (AvgIpc) is 3.01. The van der Waals surface area contributed by atoms with Gasteiger partial charge >= 0.3 is 0 Å². The van der Waals surface area contributed by atoms with Gasteiger partial charge in [-0.25, -0.2) is 8.42 Å². The topological polar surface area (TPSA) is 93.9 Å². The summed E-state index contributed by atoms with van der Waals surface area (Å²) in [6, 6.07) is 13.7. The number of thioether (sulfide) groups is 1. The zero-order valence-corrected chi connectivity index (χ0v) is 18.3. The number of nitrogens with zero attached hydrogens (tertiary/aromatic N) is 3. The summed E-state index contributed by atoms with van der Waals surface area (Å²) in [4.78, 5) is 12.7. The van der Waals surface area contributed by atoms with Gasteiger partial charge in [0.15, 0.2) is 16.8 Å². The second kappa shape index (κ2) is 8.56. The van der Waals surface area contributed by atoms with E-state index in [1.54, 1.807) is 41.8 Å². The van der Waals surface area contributed by atoms with Gasteiger partial charge in [0.05, 0.1) is 16.5 Å². The summed E-state index contributed by atoms with van der Waals surface area (Å²) in [7, 11) is -1.54. The van der Waals surface area contributed by atoms with Crippen LogP contribution >= 0.6 is 23.4 Å². The van der Waals surface area contributed by atoms with Crippen LogP contribution in [0.2, 0.25) is 5.02 Å². The Labute approximate surface area is 178 Å². The molecule has 1 N–H and O–H groups in total. The van der Waals surface area contributed by atoms with Crippen LogP contribution in [0.25, 0.3) is 11.4 Å². The first-order chi connectivity index (χ1) is 13.7. The first kappa shape index (κ1) is 21.4. The van der Waals surface area contributed by atoms with Crippen molar-refractivity contribution in [1.82, 2.24) is 14.8 Å². The number of ketones is 1. The largest absolute Gasteiger partial charge is 0.305 e. The smallest absolute Gasteiger partial charge is 0.229 e. The Morgan fingerprint density at radius 3 is 2.41 bits per heavy atom. The molecule has 1 aromatic heterocycles. The van der Waals surface area contributed by atoms with Crippen LogP contribution in [-0.2, 0) is 17.1 Å². The SMILES string of the molecule is CC(Sc1nnc(-c2ccccc2Cl)n1C)C(=O)c1ccc(NS(C)(=O)=O)cc1. The van der Waals surface area contributed by atoms with Crippen molar-refractivity contribution in [1.29, 1.82) is 0 Å². The van der Waals surface area contributed by atoms with E-state index in [0.717, 1.165) is 11.8 Å². The van der Waals surface area contributed by atoms with Crippen molar-refractivity contribution in [3.05, 3.63) is 59.1 Å². The van der Waals surface area contributed by atoms with E-state index in [2.05, 4.69) is 14.9 Å². The molecule has 10 heteroatoms. The number of rotatable bonds is 7. The number of hydrogen-bond donors (Lipinski definition) is 1. The molecule has 152 valence electrons. The Morgan fingerprint density at radius 1 is 1.14 bits per heavy atom. The quantitative estimate of drug-likeness (QED) is 0.433. The van der Waals surface area contributed by atoms with Crippen molar-refractivity contribution < 1.29 is 13.2 Å². The van der Waals surface area contributed by atoms with Gasteiger partial charge in [-0.15, -0.1) is 10.2 Å². The number of halogens is 1. The number of Topliss-reactive ketones (excluding diaryl/α,β-unsaturated/α-hetero) is 1. The van der Waals surface area contributed by atoms with E-state index in [9.17, 15) is 13.2 Å². The molecule has 1 unspecified atom stereocenters. The molecule has 0 aliphatic carbocycles. The highest BCUT2D eigenvalue weighted by Crippen LogP contribution is 2.30. The fourth-order valence-electron chi connectivity index (χ4n) is 2.66. The Hall–Kier alpha value is -2.36. The van der Waals surface area contributed by atoms with E-state index in [-0.39, 0.29) is 5.78 Å². The van der Waals surface area contributed by atoms with Crippen molar-refractivity contribution in [2.75, 3.05) is 11.0 Å². The molecule has 7 nitrogen and oxygen atoms in total. The molecule has 1 heterocycles. The number of aromatic nitrogens is 3. The summed E-state index contributed by atoms with van der Waals surface area (Å²) in [5.74, 6) is 0.525. The lowest BCUT2D eigenvalue weighted by atomic mass is 10.1. The lowest BCUT2D eigenvalue weighted by Crippen LogP contribution is -2.15. The molecule has 1 atom stereocenters. The van der Waals surface area contributed by atoms with Crippen LogP contribution in [0, 0.1) is 0 Å². The molecular weight excluding hydrogens is 432 g/mol. The van der Waals surface area contributed by atoms with Gasteiger partial charge in [0.25, 0.3) is 0 Å². The lowest BCUT2D eigenvalue weighted by molar-refractivity contribution is 0.0994. The maximum atomic E-state index is 12.7. The van der Waals surface area contributed by atoms with E-state index in [1.165, 1.54) is 11.8 Å². The van der Waals surface area contributed by atoms with Gasteiger partial charge in [-0.05, 0) is 43.3 Å². The number of nitrogens with one attached hydrogen (secondary N) is 1. The third-order valence-electron chi connectivity index (χ3n) is 4.07. The third-order valence-corrected chi connectivity index (χ3v) is 6.14. The van der Waals surface area contributed by atoms with E-state index >= 15 is 0 Å². The van der Waals surface area contributed by atoms with Crippen molar-refractivity contribution in [3.63, 3.8) is 0 Å². The van der Waals surface area contributed by atoms with Gasteiger partial charge in [-0.2, -0.15) is 0 Å². The molecule has 0 spiro atoms. The summed E-state index contributed by atoms with van der Waals surface area (Å²) in [5.41, 5.74) is 1.66. The molecule has 0 aliphatic heterocycles. The van der Waals surface area contributed by atoms with Gasteiger partial charge in [-0.3, -0.25) is 9.52 Å². The highest BCUT2D eigenvalue weighted by atomic mass is 35.5. The fraction of sp³-hybridized carbons (Fsp3) is 0.211. The van der Waals surface area contributed by atoms with Gasteiger partial charge in [0, 0.05) is 23.9 Å². The van der Waals surface area contributed by atoms with Crippen LogP contribution in [0.1, 0.15) is 17.3 Å². The predicted octanol–water partition coefficient (Wildman–Crippen LogP) is 3.87. The third kappa shape index (κ3) is 5.17. The minimum atomic E-state index is -3.36. The molecule has 0 aliphatic rings. The Kier molecular flexibility index (Phi) is 6.30. The highest BCUT2D eigenvalue weighted by Gasteiger charge is 2.21. The van der Waals surface area contributed by atoms with Crippen molar-refractivity contribution >= 4 is 44.9 Å². The van der Waals surface area contributed by atoms with E-state index < -0.39 is 15.3 Å². The number of anilines is 1. The minimum absolute atomic E-state index is 0.0943. The zero-order valence-electron chi connectivity index (χ0n) is 16.0. The van der Waals surface area contributed by atoms with Crippen LogP contribution < -0.4 is 4.72 Å². The summed E-state index contributed by atoms with van der Waals surface area (Å²) < 4.78 is 26.7. The van der Waals surface area contributed by atoms with Crippen LogP contribution in [0.5, 0.6) is 0 Å². The van der Waals surface area contributed by atoms with E-state index in [1.807, 2.05) is 25.2 Å². The van der Waals surface area contributed by atoms with Gasteiger partial charge in [0.2, 0.25) is 10.0 Å². The van der Waals surface area contributed by atoms with E-state index in [0.29, 0.717) is 27.3 Å². The number of carbonyl (C=O) groups is 1. The second-order valence-electron chi connectivity index (χ2n) is 6.42. The molecule has 29 heavy (non-hydrogen) atoms. The van der Waals surface area contributed by atoms with Gasteiger partial charge in [0.1, 0.15) is 0 Å². The Bertz CT molecular complexity index is 1140. The standard InChI is InChI=1S/C19H19ClN4O3S2/c1-12(17(25)13-8-10-14(11-9-13)23-29(3,26)27)28-19-22-21-18(24(19)2)15-6-4-5-7-16(15)20/h4-12,23H,1-3H3. The maximum Gasteiger partial charge on any atom is 0.229 e. The predicted molar refractivity (Wildman–Crippen MR) is 116 cm³/mol. The molecule has 2 aromatic carbocycles. The molecule has 0 amide bonds. The van der Waals surface area contributed by atoms with Crippen LogP contribution in [-0.4, -0.2) is 40.5 Å². The molecule has 0 saturated carbocycles. The summed E-state index contributed by atoms with van der Waals surface area (Å²) in [6.07, 6.45) is 1.07. The fourth-order valence-corrected chi connectivity index (χ4v) is 4.33. The summed E-state index contributed by atoms with van der Waals surface area (Å²) >= 11 is 7.54. The second-order valence-corrected chi connectivity index (χ2v) is 9.88. The van der Waals surface area contributed by atoms with Gasteiger partial charge < -0.3 is 4.57 Å². The molecule has 0 bridgehead atoms. The van der Waals surface area contributed by atoms with Crippen molar-refractivity contribution in [2.45, 2.75) is 17.3 Å². The number of carbonyl (C=O) groups excluding carboxylic acids is 1. The monoisotopic (exact) mass is 450 g/mol. The number of sulfonamides is 1. The molecular formula is C19H19ClN4O3S2. The molecule has 0 fully saturated rings. The lowest BCUT2D eigenvalue weighted by Gasteiger charge is -2.11. The molecule has 0 radical (unpaired) electrons. The highest BCUT2D eigenvalue weighted by molar-refractivity contribution is 8.00. The number of hydrogen-bond acceptors (Lipinski definition) is 6. The van der Waals surface area contributed by atoms with Crippen LogP contribution in [0.4, 0.5) is 5.69 Å². The molecule has 3 aromatic rings. The minimum Gasteiger partial charge on any atom is -0.305 e. The summed E-state index contributed by atoms with van der Waals surface area (Å²) in [6.45, 7) is 1.79. The normalized spacial score (nSPS) is 12.6. The Morgan fingerprint density at radius 2 is 1.79 bits per heavy atom. The first-order valence-corrected chi connectivity index (χ1v) is 11.7. The Balaban J connectivity index is 1.74. The van der Waals surface area contributed by atoms with Crippen molar-refractivity contribution in [2.24, 2.45) is 7.05 Å². The average molecular weight is 451 g/mol. The summed E-state index contributed by atoms with van der Waals surface area (Å²) in [5, 5.41) is 9.16. The zero-order chi connectivity index (χ0) is 21.2. The van der Waals surface area contributed by atoms with Gasteiger partial charge in [-0.1, -0.05) is 35.5 Å².